The molecule has 0 spiro atoms. The van der Waals surface area contributed by atoms with Crippen molar-refractivity contribution >= 4 is 5.91 Å². The minimum absolute atomic E-state index is 0.0309. The van der Waals surface area contributed by atoms with E-state index in [1.54, 1.807) is 0 Å². The molecular formula is C12H25N3O. The zero-order valence-electron chi connectivity index (χ0n) is 10.9. The number of hydrogen-bond donors (Lipinski definition) is 2. The Hall–Kier alpha value is -0.610. The number of hydrogen-bond acceptors (Lipinski definition) is 3. The zero-order valence-corrected chi connectivity index (χ0v) is 10.9. The Labute approximate surface area is 98.8 Å². The summed E-state index contributed by atoms with van der Waals surface area (Å²) in [6.07, 6.45) is 2.08. The number of amides is 1. The van der Waals surface area contributed by atoms with Crippen LogP contribution in [0.15, 0.2) is 0 Å². The minimum Gasteiger partial charge on any atom is -0.350 e. The van der Waals surface area contributed by atoms with E-state index < -0.39 is 0 Å². The zero-order chi connectivity index (χ0) is 12.1. The van der Waals surface area contributed by atoms with Crippen LogP contribution in [0, 0.1) is 5.92 Å². The Bertz CT molecular complexity index is 222. The van der Waals surface area contributed by atoms with Crippen molar-refractivity contribution in [2.75, 3.05) is 27.2 Å². The highest BCUT2D eigenvalue weighted by atomic mass is 16.2. The predicted molar refractivity (Wildman–Crippen MR) is 66.3 cm³/mol. The summed E-state index contributed by atoms with van der Waals surface area (Å²) in [7, 11) is 4.07. The van der Waals surface area contributed by atoms with E-state index in [2.05, 4.69) is 29.4 Å². The topological polar surface area (TPSA) is 44.4 Å². The van der Waals surface area contributed by atoms with E-state index in [-0.39, 0.29) is 18.0 Å². The molecule has 0 radical (unpaired) electrons. The summed E-state index contributed by atoms with van der Waals surface area (Å²) in [5.74, 6) is 0.630. The first-order valence-corrected chi connectivity index (χ1v) is 6.19. The molecular weight excluding hydrogens is 202 g/mol. The van der Waals surface area contributed by atoms with Gasteiger partial charge >= 0.3 is 0 Å². The summed E-state index contributed by atoms with van der Waals surface area (Å²) < 4.78 is 0. The molecule has 2 atom stereocenters. The second kappa shape index (κ2) is 6.21. The van der Waals surface area contributed by atoms with Crippen molar-refractivity contribution in [3.8, 4) is 0 Å². The number of nitrogens with one attached hydrogen (secondary N) is 2. The van der Waals surface area contributed by atoms with Gasteiger partial charge in [-0.2, -0.15) is 0 Å². The van der Waals surface area contributed by atoms with E-state index in [9.17, 15) is 4.79 Å². The van der Waals surface area contributed by atoms with Crippen LogP contribution in [-0.2, 0) is 4.79 Å². The summed E-state index contributed by atoms with van der Waals surface area (Å²) in [5.41, 5.74) is 0. The van der Waals surface area contributed by atoms with Crippen molar-refractivity contribution in [2.45, 2.75) is 38.8 Å². The van der Waals surface area contributed by atoms with Gasteiger partial charge in [0.2, 0.25) is 5.91 Å². The molecule has 1 fully saturated rings. The largest absolute Gasteiger partial charge is 0.350 e. The highest BCUT2D eigenvalue weighted by molar-refractivity contribution is 5.82. The third-order valence-corrected chi connectivity index (χ3v) is 3.07. The average Bonchev–Trinajstić information content (AvgIpc) is 2.68. The van der Waals surface area contributed by atoms with Crippen molar-refractivity contribution in [3.05, 3.63) is 0 Å². The molecule has 94 valence electrons. The fourth-order valence-corrected chi connectivity index (χ4v) is 2.01. The molecule has 4 nitrogen and oxygen atoms in total. The molecule has 1 amide bonds. The quantitative estimate of drug-likeness (QED) is 0.716. The molecule has 4 heteroatoms. The number of carbonyl (C=O) groups excluding carboxylic acids is 1. The van der Waals surface area contributed by atoms with E-state index >= 15 is 0 Å². The molecule has 0 aromatic carbocycles. The van der Waals surface area contributed by atoms with Gasteiger partial charge in [-0.15, -0.1) is 0 Å². The highest BCUT2D eigenvalue weighted by Crippen LogP contribution is 2.08. The van der Waals surface area contributed by atoms with Gasteiger partial charge in [-0.3, -0.25) is 4.79 Å². The van der Waals surface area contributed by atoms with Crippen molar-refractivity contribution in [1.29, 1.82) is 0 Å². The van der Waals surface area contributed by atoms with Crippen LogP contribution < -0.4 is 10.6 Å². The second-order valence-electron chi connectivity index (χ2n) is 5.27. The van der Waals surface area contributed by atoms with Gasteiger partial charge in [0.15, 0.2) is 0 Å². The number of rotatable bonds is 5. The monoisotopic (exact) mass is 227 g/mol. The van der Waals surface area contributed by atoms with Crippen molar-refractivity contribution < 1.29 is 4.79 Å². The van der Waals surface area contributed by atoms with Gasteiger partial charge in [-0.25, -0.2) is 0 Å². The fourth-order valence-electron chi connectivity index (χ4n) is 2.01. The molecule has 1 rings (SSSR count). The smallest absolute Gasteiger partial charge is 0.237 e. The van der Waals surface area contributed by atoms with Gasteiger partial charge in [-0.05, 0) is 39.4 Å². The molecule has 2 N–H and O–H groups in total. The van der Waals surface area contributed by atoms with Crippen molar-refractivity contribution in [1.82, 2.24) is 15.5 Å². The molecule has 1 saturated heterocycles. The van der Waals surface area contributed by atoms with Crippen LogP contribution in [0.3, 0.4) is 0 Å². The molecule has 0 saturated carbocycles. The lowest BCUT2D eigenvalue weighted by Gasteiger charge is -2.26. The van der Waals surface area contributed by atoms with Crippen LogP contribution in [0.25, 0.3) is 0 Å². The highest BCUT2D eigenvalue weighted by Gasteiger charge is 2.25. The van der Waals surface area contributed by atoms with E-state index in [4.69, 9.17) is 0 Å². The van der Waals surface area contributed by atoms with Crippen LogP contribution in [-0.4, -0.2) is 50.1 Å². The molecule has 0 bridgehead atoms. The molecule has 0 aromatic heterocycles. The predicted octanol–water partition coefficient (Wildman–Crippen LogP) is 0.441. The molecule has 1 heterocycles. The lowest BCUT2D eigenvalue weighted by molar-refractivity contribution is -0.123. The number of likely N-dealkylation sites (N-methyl/N-ethyl adjacent to an activating group) is 1. The maximum atomic E-state index is 11.9. The Morgan fingerprint density at radius 1 is 1.50 bits per heavy atom. The molecule has 1 aliphatic heterocycles. The van der Waals surface area contributed by atoms with E-state index in [0.29, 0.717) is 5.92 Å². The second-order valence-corrected chi connectivity index (χ2v) is 5.27. The summed E-state index contributed by atoms with van der Waals surface area (Å²) in [6.45, 7) is 6.17. The first-order valence-electron chi connectivity index (χ1n) is 6.19. The average molecular weight is 227 g/mol. The molecule has 16 heavy (non-hydrogen) atoms. The lowest BCUT2D eigenvalue weighted by atomic mass is 10.0. The van der Waals surface area contributed by atoms with Gasteiger partial charge in [0, 0.05) is 12.6 Å². The molecule has 0 aromatic rings. The van der Waals surface area contributed by atoms with E-state index in [0.717, 1.165) is 25.9 Å². The lowest BCUT2D eigenvalue weighted by Crippen LogP contribution is -2.50. The minimum atomic E-state index is 0.0309. The fraction of sp³-hybridized carbons (Fsp3) is 0.917. The maximum Gasteiger partial charge on any atom is 0.237 e. The normalized spacial score (nSPS) is 22.8. The van der Waals surface area contributed by atoms with Gasteiger partial charge in [0.1, 0.15) is 0 Å². The summed E-state index contributed by atoms with van der Waals surface area (Å²) in [4.78, 5) is 14.1. The summed E-state index contributed by atoms with van der Waals surface area (Å²) in [6, 6.07) is 0.272. The molecule has 0 aliphatic carbocycles. The van der Waals surface area contributed by atoms with Gasteiger partial charge < -0.3 is 15.5 Å². The third kappa shape index (κ3) is 4.10. The molecule has 1 aliphatic rings. The van der Waals surface area contributed by atoms with Gasteiger partial charge in [-0.1, -0.05) is 13.8 Å². The van der Waals surface area contributed by atoms with Gasteiger partial charge in [0.25, 0.3) is 0 Å². The first-order chi connectivity index (χ1) is 7.50. The van der Waals surface area contributed by atoms with Crippen LogP contribution in [0.2, 0.25) is 0 Å². The SMILES string of the molecule is CC(C)C(CN(C)C)NC(=O)[C@@H]1CCCN1. The van der Waals surface area contributed by atoms with Gasteiger partial charge in [0.05, 0.1) is 6.04 Å². The Balaban J connectivity index is 2.43. The first kappa shape index (κ1) is 13.5. The van der Waals surface area contributed by atoms with Crippen LogP contribution >= 0.6 is 0 Å². The van der Waals surface area contributed by atoms with E-state index in [1.807, 2.05) is 14.1 Å². The van der Waals surface area contributed by atoms with Crippen molar-refractivity contribution in [2.24, 2.45) is 5.92 Å². The van der Waals surface area contributed by atoms with Crippen LogP contribution in [0.4, 0.5) is 0 Å². The Morgan fingerprint density at radius 2 is 2.19 bits per heavy atom. The summed E-state index contributed by atoms with van der Waals surface area (Å²) in [5, 5.41) is 6.37. The van der Waals surface area contributed by atoms with Crippen LogP contribution in [0.5, 0.6) is 0 Å². The van der Waals surface area contributed by atoms with Crippen molar-refractivity contribution in [3.63, 3.8) is 0 Å². The number of carbonyl (C=O) groups is 1. The van der Waals surface area contributed by atoms with E-state index in [1.165, 1.54) is 0 Å². The molecule has 1 unspecified atom stereocenters. The number of nitrogens with zero attached hydrogens (tertiary/aromatic N) is 1. The maximum absolute atomic E-state index is 11.9. The van der Waals surface area contributed by atoms with Crippen LogP contribution in [0.1, 0.15) is 26.7 Å². The Kier molecular flexibility index (Phi) is 5.22. The summed E-state index contributed by atoms with van der Waals surface area (Å²) >= 11 is 0. The standard InChI is InChI=1S/C12H25N3O/c1-9(2)11(8-15(3)4)14-12(16)10-6-5-7-13-10/h9-11,13H,5-8H2,1-4H3,(H,14,16)/t10-,11?/m0/s1. The third-order valence-electron chi connectivity index (χ3n) is 3.07. The Morgan fingerprint density at radius 3 is 2.62 bits per heavy atom.